The number of hydrogen-bond acceptors (Lipinski definition) is 4. The van der Waals surface area contributed by atoms with E-state index in [1.54, 1.807) is 24.0 Å². The van der Waals surface area contributed by atoms with E-state index in [9.17, 15) is 18.0 Å². The van der Waals surface area contributed by atoms with Crippen molar-refractivity contribution < 1.29 is 27.4 Å². The molecule has 11 heteroatoms. The largest absolute Gasteiger partial charge is 0.573 e. The van der Waals surface area contributed by atoms with Crippen LogP contribution in [0.1, 0.15) is 25.3 Å². The molecule has 3 N–H and O–H groups in total. The number of hydrogen-bond donors (Lipinski definition) is 2. The van der Waals surface area contributed by atoms with Crippen molar-refractivity contribution >= 4 is 36.0 Å². The monoisotopic (exact) mass is 530 g/mol. The van der Waals surface area contributed by atoms with Crippen molar-refractivity contribution in [2.75, 3.05) is 26.2 Å². The molecule has 1 saturated heterocycles. The Kier molecular flexibility index (Phi) is 10.3. The van der Waals surface area contributed by atoms with E-state index in [4.69, 9.17) is 10.5 Å². The summed E-state index contributed by atoms with van der Waals surface area (Å²) in [7, 11) is 0. The van der Waals surface area contributed by atoms with Gasteiger partial charge in [0.2, 0.25) is 0 Å². The Labute approximate surface area is 184 Å². The standard InChI is InChI=1S/C18H25F3N4O3.HI/c1-2-27-17(26)25-11-8-14(9-12-25)24-16(22)23-10-7-13-3-5-15(6-4-13)28-18(19,20)21;/h3-6,14H,2,7-12H2,1H3,(H3,22,23,24);1H. The van der Waals surface area contributed by atoms with Crippen LogP contribution >= 0.6 is 24.0 Å². The summed E-state index contributed by atoms with van der Waals surface area (Å²) in [5.74, 6) is 0.0571. The van der Waals surface area contributed by atoms with E-state index in [0.717, 1.165) is 18.4 Å². The number of nitrogens with one attached hydrogen (secondary N) is 1. The fourth-order valence-corrected chi connectivity index (χ4v) is 2.84. The van der Waals surface area contributed by atoms with Crippen LogP contribution in [0.3, 0.4) is 0 Å². The average molecular weight is 530 g/mol. The zero-order chi connectivity index (χ0) is 20.6. The molecule has 1 aromatic rings. The molecule has 164 valence electrons. The van der Waals surface area contributed by atoms with Crippen molar-refractivity contribution in [3.63, 3.8) is 0 Å². The Hall–Kier alpha value is -1.92. The Balaban J connectivity index is 0.00000420. The smallest absolute Gasteiger partial charge is 0.450 e. The van der Waals surface area contributed by atoms with Gasteiger partial charge in [0.25, 0.3) is 0 Å². The van der Waals surface area contributed by atoms with Gasteiger partial charge in [-0.25, -0.2) is 4.79 Å². The number of amides is 1. The predicted molar refractivity (Wildman–Crippen MR) is 113 cm³/mol. The van der Waals surface area contributed by atoms with Crippen molar-refractivity contribution in [1.29, 1.82) is 0 Å². The molecule has 0 aliphatic carbocycles. The summed E-state index contributed by atoms with van der Waals surface area (Å²) < 4.78 is 45.2. The van der Waals surface area contributed by atoms with Crippen molar-refractivity contribution in [3.8, 4) is 5.75 Å². The maximum Gasteiger partial charge on any atom is 0.573 e. The minimum atomic E-state index is -4.70. The maximum absolute atomic E-state index is 12.1. The van der Waals surface area contributed by atoms with Gasteiger partial charge in [-0.2, -0.15) is 0 Å². The Morgan fingerprint density at radius 1 is 1.28 bits per heavy atom. The summed E-state index contributed by atoms with van der Waals surface area (Å²) in [6.45, 7) is 3.72. The van der Waals surface area contributed by atoms with Crippen LogP contribution in [0.4, 0.5) is 18.0 Å². The Morgan fingerprint density at radius 3 is 2.45 bits per heavy atom. The van der Waals surface area contributed by atoms with Crippen molar-refractivity contribution in [3.05, 3.63) is 29.8 Å². The topological polar surface area (TPSA) is 89.2 Å². The SMILES string of the molecule is CCOC(=O)N1CCC(NC(N)=NCCc2ccc(OC(F)(F)F)cc2)CC1.I. The van der Waals surface area contributed by atoms with E-state index in [-0.39, 0.29) is 41.9 Å². The second-order valence-electron chi connectivity index (χ2n) is 6.31. The number of carbonyl (C=O) groups is 1. The Morgan fingerprint density at radius 2 is 1.90 bits per heavy atom. The summed E-state index contributed by atoms with van der Waals surface area (Å²) in [4.78, 5) is 17.6. The van der Waals surface area contributed by atoms with Gasteiger partial charge in [0.05, 0.1) is 6.61 Å². The van der Waals surface area contributed by atoms with Crippen molar-refractivity contribution in [2.45, 2.75) is 38.6 Å². The van der Waals surface area contributed by atoms with Gasteiger partial charge in [0.1, 0.15) is 5.75 Å². The third-order valence-corrected chi connectivity index (χ3v) is 4.21. The first-order valence-corrected chi connectivity index (χ1v) is 9.09. The van der Waals surface area contributed by atoms with Gasteiger partial charge in [0, 0.05) is 25.7 Å². The highest BCUT2D eigenvalue weighted by molar-refractivity contribution is 14.0. The first-order chi connectivity index (χ1) is 13.3. The number of rotatable bonds is 6. The van der Waals surface area contributed by atoms with Gasteiger partial charge in [-0.05, 0) is 43.9 Å². The van der Waals surface area contributed by atoms with Crippen LogP contribution in [-0.2, 0) is 11.2 Å². The minimum Gasteiger partial charge on any atom is -0.450 e. The summed E-state index contributed by atoms with van der Waals surface area (Å²) in [5, 5.41) is 3.14. The van der Waals surface area contributed by atoms with E-state index in [1.165, 1.54) is 12.1 Å². The molecule has 0 unspecified atom stereocenters. The normalized spacial score (nSPS) is 15.4. The van der Waals surface area contributed by atoms with Crippen LogP contribution in [-0.4, -0.2) is 55.6 Å². The highest BCUT2D eigenvalue weighted by Crippen LogP contribution is 2.22. The van der Waals surface area contributed by atoms with Crippen molar-refractivity contribution in [1.82, 2.24) is 10.2 Å². The summed E-state index contributed by atoms with van der Waals surface area (Å²) in [5.41, 5.74) is 6.72. The average Bonchev–Trinajstić information content (AvgIpc) is 2.63. The molecule has 0 aromatic heterocycles. The molecule has 1 heterocycles. The quantitative estimate of drug-likeness (QED) is 0.335. The molecule has 7 nitrogen and oxygen atoms in total. The van der Waals surface area contributed by atoms with E-state index in [1.807, 2.05) is 0 Å². The first-order valence-electron chi connectivity index (χ1n) is 9.09. The summed E-state index contributed by atoms with van der Waals surface area (Å²) >= 11 is 0. The number of piperidine rings is 1. The second-order valence-corrected chi connectivity index (χ2v) is 6.31. The molecule has 1 amide bonds. The number of benzene rings is 1. The van der Waals surface area contributed by atoms with Gasteiger partial charge < -0.3 is 25.4 Å². The van der Waals surface area contributed by atoms with E-state index in [0.29, 0.717) is 38.6 Å². The number of halogens is 4. The lowest BCUT2D eigenvalue weighted by molar-refractivity contribution is -0.274. The molecule has 0 saturated carbocycles. The van der Waals surface area contributed by atoms with Gasteiger partial charge in [0.15, 0.2) is 5.96 Å². The number of aliphatic imine (C=N–C) groups is 1. The zero-order valence-corrected chi connectivity index (χ0v) is 18.4. The minimum absolute atomic E-state index is 0. The lowest BCUT2D eigenvalue weighted by atomic mass is 10.1. The highest BCUT2D eigenvalue weighted by atomic mass is 127. The Bertz CT molecular complexity index is 663. The molecule has 0 spiro atoms. The van der Waals surface area contributed by atoms with E-state index >= 15 is 0 Å². The highest BCUT2D eigenvalue weighted by Gasteiger charge is 2.30. The van der Waals surface area contributed by atoms with Crippen LogP contribution in [0.2, 0.25) is 0 Å². The molecular weight excluding hydrogens is 504 g/mol. The molecule has 0 bridgehead atoms. The fraction of sp³-hybridized carbons (Fsp3) is 0.556. The summed E-state index contributed by atoms with van der Waals surface area (Å²) in [6.07, 6.45) is -2.96. The lowest BCUT2D eigenvalue weighted by Gasteiger charge is -2.31. The lowest BCUT2D eigenvalue weighted by Crippen LogP contribution is -2.48. The predicted octanol–water partition coefficient (Wildman–Crippen LogP) is 3.27. The van der Waals surface area contributed by atoms with Crippen LogP contribution in [0.5, 0.6) is 5.75 Å². The molecular formula is C18H26F3IN4O3. The first kappa shape index (κ1) is 25.1. The van der Waals surface area contributed by atoms with E-state index in [2.05, 4.69) is 15.0 Å². The number of guanidine groups is 1. The van der Waals surface area contributed by atoms with Gasteiger partial charge in [-0.1, -0.05) is 12.1 Å². The summed E-state index contributed by atoms with van der Waals surface area (Å²) in [6, 6.07) is 5.79. The number of nitrogens with two attached hydrogens (primary N) is 1. The number of likely N-dealkylation sites (tertiary alicyclic amines) is 1. The number of carbonyl (C=O) groups excluding carboxylic acids is 1. The van der Waals surface area contributed by atoms with Crippen LogP contribution in [0, 0.1) is 0 Å². The molecule has 1 aliphatic rings. The van der Waals surface area contributed by atoms with Gasteiger partial charge >= 0.3 is 12.5 Å². The number of alkyl halides is 3. The zero-order valence-electron chi connectivity index (χ0n) is 16.1. The van der Waals surface area contributed by atoms with E-state index < -0.39 is 6.36 Å². The fourth-order valence-electron chi connectivity index (χ4n) is 2.84. The van der Waals surface area contributed by atoms with Crippen LogP contribution in [0.25, 0.3) is 0 Å². The molecule has 0 atom stereocenters. The third-order valence-electron chi connectivity index (χ3n) is 4.21. The number of nitrogens with zero attached hydrogens (tertiary/aromatic N) is 2. The third kappa shape index (κ3) is 9.41. The van der Waals surface area contributed by atoms with Crippen LogP contribution < -0.4 is 15.8 Å². The molecule has 1 fully saturated rings. The number of ether oxygens (including phenoxy) is 2. The molecule has 2 rings (SSSR count). The van der Waals surface area contributed by atoms with Crippen molar-refractivity contribution in [2.24, 2.45) is 10.7 Å². The maximum atomic E-state index is 12.1. The molecule has 1 aromatic carbocycles. The molecule has 1 aliphatic heterocycles. The van der Waals surface area contributed by atoms with Gasteiger partial charge in [-0.15, -0.1) is 37.1 Å². The molecule has 29 heavy (non-hydrogen) atoms. The van der Waals surface area contributed by atoms with Gasteiger partial charge in [-0.3, -0.25) is 4.99 Å². The second kappa shape index (κ2) is 11.9. The van der Waals surface area contributed by atoms with Crippen LogP contribution in [0.15, 0.2) is 29.3 Å². The molecule has 0 radical (unpaired) electrons.